The molecule has 0 aliphatic rings. The number of aryl methyl sites for hydroxylation is 1. The third kappa shape index (κ3) is 3.10. The van der Waals surface area contributed by atoms with E-state index in [0.29, 0.717) is 6.54 Å². The van der Waals surface area contributed by atoms with Crippen molar-refractivity contribution >= 4 is 39.8 Å². The Hall–Kier alpha value is -0.820. The van der Waals surface area contributed by atoms with Crippen LogP contribution < -0.4 is 0 Å². The number of rotatable bonds is 3. The van der Waals surface area contributed by atoms with Gasteiger partial charge in [0.1, 0.15) is 11.5 Å². The van der Waals surface area contributed by atoms with Crippen LogP contribution in [0.5, 0.6) is 0 Å². The topological polar surface area (TPSA) is 33.5 Å². The number of hydrogen-bond acceptors (Lipinski definition) is 3. The highest BCUT2D eigenvalue weighted by molar-refractivity contribution is 14.1. The van der Waals surface area contributed by atoms with Gasteiger partial charge in [-0.1, -0.05) is 0 Å². The highest BCUT2D eigenvalue weighted by atomic mass is 127. The van der Waals surface area contributed by atoms with Gasteiger partial charge in [-0.3, -0.25) is 4.79 Å². The Labute approximate surface area is 118 Å². The van der Waals surface area contributed by atoms with Crippen molar-refractivity contribution in [3.05, 3.63) is 43.5 Å². The number of hydrogen-bond donors (Lipinski definition) is 0. The summed E-state index contributed by atoms with van der Waals surface area (Å²) in [6, 6.07) is 5.70. The number of nitrogens with zero attached hydrogens (tertiary/aromatic N) is 1. The summed E-state index contributed by atoms with van der Waals surface area (Å²) in [5.41, 5.74) is 0.741. The average molecular weight is 361 g/mol. The zero-order valence-electron chi connectivity index (χ0n) is 9.57. The number of carbonyl (C=O) groups is 1. The van der Waals surface area contributed by atoms with Crippen molar-refractivity contribution in [2.24, 2.45) is 0 Å². The third-order valence-electron chi connectivity index (χ3n) is 2.35. The smallest absolute Gasteiger partial charge is 0.254 e. The second-order valence-corrected chi connectivity index (χ2v) is 6.62. The standard InChI is InChI=1S/C12H12INO2S/c1-8-3-4-10(16-8)6-14(2)12(15)9-5-11(13)17-7-9/h3-5,7H,6H2,1-2H3. The van der Waals surface area contributed by atoms with Gasteiger partial charge in [-0.15, -0.1) is 11.3 Å². The molecule has 5 heteroatoms. The molecular weight excluding hydrogens is 349 g/mol. The maximum Gasteiger partial charge on any atom is 0.254 e. The summed E-state index contributed by atoms with van der Waals surface area (Å²) in [5.74, 6) is 1.70. The molecular formula is C12H12INO2S. The molecule has 0 spiro atoms. The van der Waals surface area contributed by atoms with Gasteiger partial charge in [0.15, 0.2) is 0 Å². The van der Waals surface area contributed by atoms with Crippen molar-refractivity contribution in [1.29, 1.82) is 0 Å². The fraction of sp³-hybridized carbons (Fsp3) is 0.250. The highest BCUT2D eigenvalue weighted by Gasteiger charge is 2.14. The maximum atomic E-state index is 12.1. The van der Waals surface area contributed by atoms with E-state index in [2.05, 4.69) is 22.6 Å². The molecule has 0 aliphatic carbocycles. The molecule has 0 bridgehead atoms. The van der Waals surface area contributed by atoms with Gasteiger partial charge in [-0.25, -0.2) is 0 Å². The van der Waals surface area contributed by atoms with E-state index in [4.69, 9.17) is 4.42 Å². The third-order valence-corrected chi connectivity index (χ3v) is 4.14. The Morgan fingerprint density at radius 2 is 2.29 bits per heavy atom. The highest BCUT2D eigenvalue weighted by Crippen LogP contribution is 2.18. The summed E-state index contributed by atoms with van der Waals surface area (Å²) < 4.78 is 6.57. The van der Waals surface area contributed by atoms with Crippen molar-refractivity contribution in [3.8, 4) is 0 Å². The van der Waals surface area contributed by atoms with E-state index in [1.807, 2.05) is 30.5 Å². The minimum absolute atomic E-state index is 0.0261. The van der Waals surface area contributed by atoms with E-state index in [1.54, 1.807) is 23.3 Å². The van der Waals surface area contributed by atoms with Crippen LogP contribution in [-0.4, -0.2) is 17.9 Å². The van der Waals surface area contributed by atoms with Crippen LogP contribution in [0.25, 0.3) is 0 Å². The molecule has 17 heavy (non-hydrogen) atoms. The summed E-state index contributed by atoms with van der Waals surface area (Å²) in [5, 5.41) is 1.88. The summed E-state index contributed by atoms with van der Waals surface area (Å²) in [7, 11) is 1.78. The first-order valence-corrected chi connectivity index (χ1v) is 7.07. The SMILES string of the molecule is Cc1ccc(CN(C)C(=O)c2csc(I)c2)o1. The Morgan fingerprint density at radius 1 is 1.53 bits per heavy atom. The van der Waals surface area contributed by atoms with Gasteiger partial charge >= 0.3 is 0 Å². The first kappa shape index (κ1) is 12.6. The quantitative estimate of drug-likeness (QED) is 0.784. The molecule has 0 radical (unpaired) electrons. The second kappa shape index (κ2) is 5.22. The van der Waals surface area contributed by atoms with Crippen LogP contribution in [0.3, 0.4) is 0 Å². The lowest BCUT2D eigenvalue weighted by molar-refractivity contribution is 0.0775. The van der Waals surface area contributed by atoms with Crippen molar-refractivity contribution in [1.82, 2.24) is 4.90 Å². The zero-order chi connectivity index (χ0) is 12.4. The lowest BCUT2D eigenvalue weighted by Crippen LogP contribution is -2.25. The van der Waals surface area contributed by atoms with E-state index in [9.17, 15) is 4.79 Å². The number of carbonyl (C=O) groups excluding carboxylic acids is 1. The van der Waals surface area contributed by atoms with Crippen LogP contribution in [-0.2, 0) is 6.54 Å². The normalized spacial score (nSPS) is 10.5. The molecule has 0 atom stereocenters. The van der Waals surface area contributed by atoms with Crippen molar-refractivity contribution in [3.63, 3.8) is 0 Å². The van der Waals surface area contributed by atoms with Gasteiger partial charge < -0.3 is 9.32 Å². The van der Waals surface area contributed by atoms with Crippen molar-refractivity contribution in [2.45, 2.75) is 13.5 Å². The molecule has 1 amide bonds. The molecule has 2 heterocycles. The fourth-order valence-corrected chi connectivity index (χ4v) is 2.84. The van der Waals surface area contributed by atoms with Crippen LogP contribution in [0.1, 0.15) is 21.9 Å². The van der Waals surface area contributed by atoms with Crippen LogP contribution >= 0.6 is 33.9 Å². The maximum absolute atomic E-state index is 12.1. The molecule has 2 aromatic rings. The minimum Gasteiger partial charge on any atom is -0.464 e. The summed E-state index contributed by atoms with van der Waals surface area (Å²) in [6.45, 7) is 2.39. The first-order valence-electron chi connectivity index (χ1n) is 5.11. The van der Waals surface area contributed by atoms with Gasteiger partial charge in [-0.2, -0.15) is 0 Å². The average Bonchev–Trinajstić information content (AvgIpc) is 2.87. The van der Waals surface area contributed by atoms with Gasteiger partial charge in [0.2, 0.25) is 0 Å². The molecule has 0 N–H and O–H groups in total. The first-order chi connectivity index (χ1) is 8.06. The second-order valence-electron chi connectivity index (χ2n) is 3.81. The zero-order valence-corrected chi connectivity index (χ0v) is 12.5. The van der Waals surface area contributed by atoms with E-state index in [-0.39, 0.29) is 5.91 Å². The monoisotopic (exact) mass is 361 g/mol. The molecule has 0 unspecified atom stereocenters. The molecule has 0 aliphatic heterocycles. The molecule has 0 fully saturated rings. The molecule has 0 saturated heterocycles. The Bertz CT molecular complexity index is 532. The number of halogens is 1. The van der Waals surface area contributed by atoms with Gasteiger partial charge in [0, 0.05) is 12.4 Å². The largest absolute Gasteiger partial charge is 0.464 e. The Morgan fingerprint density at radius 3 is 2.82 bits per heavy atom. The van der Waals surface area contributed by atoms with Gasteiger partial charge in [0.25, 0.3) is 5.91 Å². The summed E-state index contributed by atoms with van der Waals surface area (Å²) in [6.07, 6.45) is 0. The molecule has 0 aromatic carbocycles. The van der Waals surface area contributed by atoms with Crippen molar-refractivity contribution in [2.75, 3.05) is 7.05 Å². The van der Waals surface area contributed by atoms with Crippen LogP contribution in [0.2, 0.25) is 0 Å². The van der Waals surface area contributed by atoms with E-state index in [0.717, 1.165) is 20.0 Å². The fourth-order valence-electron chi connectivity index (χ4n) is 1.52. The molecule has 3 nitrogen and oxygen atoms in total. The molecule has 90 valence electrons. The van der Waals surface area contributed by atoms with Crippen LogP contribution in [0.4, 0.5) is 0 Å². The molecule has 2 rings (SSSR count). The minimum atomic E-state index is 0.0261. The van der Waals surface area contributed by atoms with E-state index >= 15 is 0 Å². The van der Waals surface area contributed by atoms with E-state index < -0.39 is 0 Å². The predicted molar refractivity (Wildman–Crippen MR) is 76.3 cm³/mol. The molecule has 2 aromatic heterocycles. The van der Waals surface area contributed by atoms with Crippen LogP contribution in [0, 0.1) is 9.81 Å². The lowest BCUT2D eigenvalue weighted by atomic mass is 10.3. The van der Waals surface area contributed by atoms with Gasteiger partial charge in [0.05, 0.1) is 15.0 Å². The summed E-state index contributed by atoms with van der Waals surface area (Å²) >= 11 is 3.79. The summed E-state index contributed by atoms with van der Waals surface area (Å²) in [4.78, 5) is 13.7. The molecule has 0 saturated carbocycles. The van der Waals surface area contributed by atoms with E-state index in [1.165, 1.54) is 0 Å². The Balaban J connectivity index is 2.05. The number of thiophene rings is 1. The lowest BCUT2D eigenvalue weighted by Gasteiger charge is -2.14. The van der Waals surface area contributed by atoms with Crippen molar-refractivity contribution < 1.29 is 9.21 Å². The Kier molecular flexibility index (Phi) is 3.88. The number of furan rings is 1. The van der Waals surface area contributed by atoms with Gasteiger partial charge in [-0.05, 0) is 47.7 Å². The number of amides is 1. The van der Waals surface area contributed by atoms with Crippen LogP contribution in [0.15, 0.2) is 28.0 Å². The predicted octanol–water partition coefficient (Wildman–Crippen LogP) is 3.53.